The van der Waals surface area contributed by atoms with Gasteiger partial charge in [0.25, 0.3) is 0 Å². The van der Waals surface area contributed by atoms with Gasteiger partial charge in [-0.2, -0.15) is 0 Å². The van der Waals surface area contributed by atoms with E-state index in [-0.39, 0.29) is 36.3 Å². The summed E-state index contributed by atoms with van der Waals surface area (Å²) in [7, 11) is -1.20. The molecular formula is C19H33IN4O4S. The molecule has 0 aromatic heterocycles. The van der Waals surface area contributed by atoms with Gasteiger partial charge < -0.3 is 19.7 Å². The van der Waals surface area contributed by atoms with Crippen molar-refractivity contribution in [2.45, 2.75) is 0 Å². The van der Waals surface area contributed by atoms with E-state index in [1.54, 1.807) is 7.05 Å². The zero-order chi connectivity index (χ0) is 20.2. The highest BCUT2D eigenvalue weighted by molar-refractivity contribution is 14.0. The van der Waals surface area contributed by atoms with Crippen molar-refractivity contribution in [2.24, 2.45) is 4.99 Å². The van der Waals surface area contributed by atoms with Crippen LogP contribution in [0.3, 0.4) is 0 Å². The topological polar surface area (TPSA) is 83.5 Å². The van der Waals surface area contributed by atoms with Crippen LogP contribution in [0.2, 0.25) is 0 Å². The van der Waals surface area contributed by atoms with E-state index in [9.17, 15) is 8.42 Å². The molecule has 0 bridgehead atoms. The minimum atomic E-state index is -2.97. The Hall–Kier alpha value is -1.11. The Morgan fingerprint density at radius 1 is 1.10 bits per heavy atom. The van der Waals surface area contributed by atoms with Crippen molar-refractivity contribution in [1.82, 2.24) is 15.1 Å². The van der Waals surface area contributed by atoms with Gasteiger partial charge in [-0.1, -0.05) is 18.2 Å². The van der Waals surface area contributed by atoms with Crippen molar-refractivity contribution in [3.8, 4) is 5.75 Å². The van der Waals surface area contributed by atoms with Crippen LogP contribution in [0.25, 0.3) is 0 Å². The molecule has 0 radical (unpaired) electrons. The van der Waals surface area contributed by atoms with E-state index < -0.39 is 9.84 Å². The second kappa shape index (κ2) is 14.0. The normalized spacial score (nSPS) is 15.7. The van der Waals surface area contributed by atoms with Crippen molar-refractivity contribution in [3.63, 3.8) is 0 Å². The number of benzene rings is 1. The molecule has 0 saturated carbocycles. The highest BCUT2D eigenvalue weighted by Crippen LogP contribution is 2.08. The van der Waals surface area contributed by atoms with Crippen molar-refractivity contribution < 1.29 is 17.9 Å². The first kappa shape index (κ1) is 25.9. The summed E-state index contributed by atoms with van der Waals surface area (Å²) in [5, 5.41) is 3.27. The maximum atomic E-state index is 11.1. The number of sulfone groups is 1. The van der Waals surface area contributed by atoms with Crippen molar-refractivity contribution >= 4 is 39.8 Å². The monoisotopic (exact) mass is 540 g/mol. The average Bonchev–Trinajstić information content (AvgIpc) is 2.68. The lowest BCUT2D eigenvalue weighted by molar-refractivity contribution is 0.145. The van der Waals surface area contributed by atoms with E-state index >= 15 is 0 Å². The summed E-state index contributed by atoms with van der Waals surface area (Å²) >= 11 is 0. The molecule has 8 nitrogen and oxygen atoms in total. The summed E-state index contributed by atoms with van der Waals surface area (Å²) in [5.41, 5.74) is 0. The molecule has 10 heteroatoms. The molecule has 166 valence electrons. The summed E-state index contributed by atoms with van der Waals surface area (Å²) in [5.74, 6) is 1.81. The molecule has 0 atom stereocenters. The molecule has 1 fully saturated rings. The second-order valence-corrected chi connectivity index (χ2v) is 8.97. The van der Waals surface area contributed by atoms with Crippen molar-refractivity contribution in [2.75, 3.05) is 78.1 Å². The predicted octanol–water partition coefficient (Wildman–Crippen LogP) is 0.938. The van der Waals surface area contributed by atoms with Gasteiger partial charge in [0.05, 0.1) is 19.0 Å². The standard InChI is InChI=1S/C19H32N4O4S.HI/c1-20-19(21-8-14-26-16-17-28(2,24)25)23-11-9-22(10-12-23)13-15-27-18-6-4-3-5-7-18;/h3-7H,8-17H2,1-2H3,(H,20,21);1H. The van der Waals surface area contributed by atoms with E-state index in [0.29, 0.717) is 19.8 Å². The largest absolute Gasteiger partial charge is 0.492 e. The van der Waals surface area contributed by atoms with Crippen LogP contribution in [0.5, 0.6) is 5.75 Å². The van der Waals surface area contributed by atoms with Crippen molar-refractivity contribution in [3.05, 3.63) is 30.3 Å². The van der Waals surface area contributed by atoms with Crippen LogP contribution in [-0.2, 0) is 14.6 Å². The summed E-state index contributed by atoms with van der Waals surface area (Å²) in [6.45, 7) is 6.59. The van der Waals surface area contributed by atoms with Gasteiger partial charge in [0, 0.05) is 52.6 Å². The fourth-order valence-electron chi connectivity index (χ4n) is 2.87. The molecule has 1 aliphatic rings. The van der Waals surface area contributed by atoms with Crippen LogP contribution in [0.1, 0.15) is 0 Å². The molecule has 0 amide bonds. The van der Waals surface area contributed by atoms with Crippen molar-refractivity contribution in [1.29, 1.82) is 0 Å². The second-order valence-electron chi connectivity index (χ2n) is 6.71. The first-order chi connectivity index (χ1) is 13.5. The number of rotatable bonds is 10. The first-order valence-corrected chi connectivity index (χ1v) is 11.7. The Morgan fingerprint density at radius 3 is 2.41 bits per heavy atom. The molecule has 0 aliphatic carbocycles. The number of aliphatic imine (C=N–C) groups is 1. The van der Waals surface area contributed by atoms with E-state index in [2.05, 4.69) is 20.1 Å². The quantitative estimate of drug-likeness (QED) is 0.205. The third-order valence-electron chi connectivity index (χ3n) is 4.43. The summed E-state index contributed by atoms with van der Waals surface area (Å²) in [4.78, 5) is 8.95. The number of hydrogen-bond donors (Lipinski definition) is 1. The van der Waals surface area contributed by atoms with Gasteiger partial charge in [0.1, 0.15) is 22.2 Å². The van der Waals surface area contributed by atoms with Gasteiger partial charge >= 0.3 is 0 Å². The highest BCUT2D eigenvalue weighted by atomic mass is 127. The van der Waals surface area contributed by atoms with Crippen LogP contribution >= 0.6 is 24.0 Å². The number of guanidine groups is 1. The van der Waals surface area contributed by atoms with E-state index in [1.165, 1.54) is 6.26 Å². The zero-order valence-corrected chi connectivity index (χ0v) is 20.4. The molecule has 0 spiro atoms. The summed E-state index contributed by atoms with van der Waals surface area (Å²) in [6, 6.07) is 9.87. The Morgan fingerprint density at radius 2 is 1.79 bits per heavy atom. The summed E-state index contributed by atoms with van der Waals surface area (Å²) in [6.07, 6.45) is 1.21. The zero-order valence-electron chi connectivity index (χ0n) is 17.2. The molecule has 1 aliphatic heterocycles. The fraction of sp³-hybridized carbons (Fsp3) is 0.632. The third-order valence-corrected chi connectivity index (χ3v) is 5.34. The SMILES string of the molecule is CN=C(NCCOCCS(C)(=O)=O)N1CCN(CCOc2ccccc2)CC1.I. The number of para-hydroxylation sites is 1. The van der Waals surface area contributed by atoms with Crippen LogP contribution in [-0.4, -0.2) is 102 Å². The fourth-order valence-corrected chi connectivity index (χ4v) is 3.29. The number of hydrogen-bond acceptors (Lipinski definition) is 6. The smallest absolute Gasteiger partial charge is 0.193 e. The Labute approximate surface area is 191 Å². The average molecular weight is 540 g/mol. The van der Waals surface area contributed by atoms with Gasteiger partial charge in [-0.05, 0) is 12.1 Å². The molecule has 1 saturated heterocycles. The van der Waals surface area contributed by atoms with Crippen LogP contribution in [0.4, 0.5) is 0 Å². The Balaban J connectivity index is 0.00000420. The van der Waals surface area contributed by atoms with Crippen LogP contribution in [0, 0.1) is 0 Å². The number of nitrogens with one attached hydrogen (secondary N) is 1. The minimum absolute atomic E-state index is 0. The minimum Gasteiger partial charge on any atom is -0.492 e. The van der Waals surface area contributed by atoms with E-state index in [0.717, 1.165) is 44.4 Å². The van der Waals surface area contributed by atoms with Crippen LogP contribution < -0.4 is 10.1 Å². The molecule has 1 heterocycles. The maximum Gasteiger partial charge on any atom is 0.193 e. The summed E-state index contributed by atoms with van der Waals surface area (Å²) < 4.78 is 33.2. The Kier molecular flexibility index (Phi) is 12.5. The van der Waals surface area contributed by atoms with Crippen LogP contribution in [0.15, 0.2) is 35.3 Å². The van der Waals surface area contributed by atoms with Gasteiger partial charge in [-0.3, -0.25) is 9.89 Å². The molecule has 2 rings (SSSR count). The predicted molar refractivity (Wildman–Crippen MR) is 127 cm³/mol. The lowest BCUT2D eigenvalue weighted by Crippen LogP contribution is -2.53. The van der Waals surface area contributed by atoms with Gasteiger partial charge in [0.2, 0.25) is 0 Å². The number of ether oxygens (including phenoxy) is 2. The highest BCUT2D eigenvalue weighted by Gasteiger charge is 2.19. The molecule has 1 N–H and O–H groups in total. The molecular weight excluding hydrogens is 507 g/mol. The molecule has 1 aromatic carbocycles. The van der Waals surface area contributed by atoms with Gasteiger partial charge in [0.15, 0.2) is 5.96 Å². The van der Waals surface area contributed by atoms with E-state index in [4.69, 9.17) is 9.47 Å². The lowest BCUT2D eigenvalue weighted by Gasteiger charge is -2.36. The molecule has 29 heavy (non-hydrogen) atoms. The number of halogens is 1. The third kappa shape index (κ3) is 11.0. The maximum absolute atomic E-state index is 11.1. The molecule has 0 unspecified atom stereocenters. The number of piperazine rings is 1. The van der Waals surface area contributed by atoms with Gasteiger partial charge in [-0.15, -0.1) is 24.0 Å². The number of nitrogens with zero attached hydrogens (tertiary/aromatic N) is 3. The molecule has 1 aromatic rings. The lowest BCUT2D eigenvalue weighted by atomic mass is 10.3. The van der Waals surface area contributed by atoms with E-state index in [1.807, 2.05) is 30.3 Å². The first-order valence-electron chi connectivity index (χ1n) is 9.59. The van der Waals surface area contributed by atoms with Gasteiger partial charge in [-0.25, -0.2) is 8.42 Å². The Bertz CT molecular complexity index is 695.